The number of aryl methyl sites for hydroxylation is 2. The number of anilines is 1. The lowest BCUT2D eigenvalue weighted by Crippen LogP contribution is -2.57. The van der Waals surface area contributed by atoms with Crippen LogP contribution in [-0.4, -0.2) is 22.9 Å². The van der Waals surface area contributed by atoms with E-state index < -0.39 is 29.1 Å². The van der Waals surface area contributed by atoms with Crippen LogP contribution >= 0.6 is 0 Å². The third-order valence-electron chi connectivity index (χ3n) is 8.14. The van der Waals surface area contributed by atoms with Crippen molar-refractivity contribution >= 4 is 23.5 Å². The SMILES string of the molecule is CCc1cccc(CC)c1N1C(=O)C2C3c4ccccc4C(C(=O)O)(c4ccccc43)C2C1=O. The zero-order valence-electron chi connectivity index (χ0n) is 19.1. The molecule has 2 amide bonds. The molecule has 170 valence electrons. The highest BCUT2D eigenvalue weighted by atomic mass is 16.4. The molecule has 1 aliphatic heterocycles. The Morgan fingerprint density at radius 2 is 1.35 bits per heavy atom. The van der Waals surface area contributed by atoms with E-state index in [0.717, 1.165) is 22.3 Å². The van der Waals surface area contributed by atoms with Gasteiger partial charge in [-0.15, -0.1) is 0 Å². The average Bonchev–Trinajstić information content (AvgIpc) is 3.13. The van der Waals surface area contributed by atoms with Crippen LogP contribution in [0.5, 0.6) is 0 Å². The van der Waals surface area contributed by atoms with Gasteiger partial charge in [-0.25, -0.2) is 4.90 Å². The van der Waals surface area contributed by atoms with Crippen molar-refractivity contribution in [3.63, 3.8) is 0 Å². The van der Waals surface area contributed by atoms with Gasteiger partial charge in [0.25, 0.3) is 0 Å². The smallest absolute Gasteiger partial charge is 0.319 e. The topological polar surface area (TPSA) is 74.7 Å². The van der Waals surface area contributed by atoms with Gasteiger partial charge in [0, 0.05) is 5.92 Å². The first-order valence-electron chi connectivity index (χ1n) is 11.9. The van der Waals surface area contributed by atoms with Gasteiger partial charge in [-0.05, 0) is 46.2 Å². The second-order valence-electron chi connectivity index (χ2n) is 9.41. The van der Waals surface area contributed by atoms with Crippen LogP contribution in [0.15, 0.2) is 66.7 Å². The van der Waals surface area contributed by atoms with Crippen molar-refractivity contribution in [3.05, 3.63) is 100 Å². The van der Waals surface area contributed by atoms with Gasteiger partial charge in [-0.1, -0.05) is 80.6 Å². The number of aliphatic carboxylic acids is 1. The highest BCUT2D eigenvalue weighted by Gasteiger charge is 2.71. The quantitative estimate of drug-likeness (QED) is 0.595. The van der Waals surface area contributed by atoms with Crippen molar-refractivity contribution in [2.75, 3.05) is 4.90 Å². The number of para-hydroxylation sites is 1. The number of nitrogens with zero attached hydrogens (tertiary/aromatic N) is 1. The predicted molar refractivity (Wildman–Crippen MR) is 128 cm³/mol. The molecular weight excluding hydrogens is 426 g/mol. The van der Waals surface area contributed by atoms with Crippen molar-refractivity contribution in [1.82, 2.24) is 0 Å². The van der Waals surface area contributed by atoms with Gasteiger partial charge in [0.2, 0.25) is 11.8 Å². The molecule has 1 heterocycles. The van der Waals surface area contributed by atoms with E-state index in [4.69, 9.17) is 0 Å². The molecular formula is C29H25NO4. The van der Waals surface area contributed by atoms with E-state index in [0.29, 0.717) is 29.7 Å². The Balaban J connectivity index is 1.67. The summed E-state index contributed by atoms with van der Waals surface area (Å²) in [7, 11) is 0. The van der Waals surface area contributed by atoms with E-state index >= 15 is 0 Å². The number of carboxylic acids is 1. The Morgan fingerprint density at radius 1 is 0.824 bits per heavy atom. The Kier molecular flexibility index (Phi) is 4.37. The fraction of sp³-hybridized carbons (Fsp3) is 0.276. The molecule has 5 heteroatoms. The van der Waals surface area contributed by atoms with Crippen molar-refractivity contribution in [2.45, 2.75) is 38.0 Å². The first kappa shape index (κ1) is 20.8. The summed E-state index contributed by atoms with van der Waals surface area (Å²) in [6, 6.07) is 20.7. The van der Waals surface area contributed by atoms with E-state index in [1.807, 2.05) is 80.6 Å². The number of carbonyl (C=O) groups excluding carboxylic acids is 2. The Morgan fingerprint density at radius 3 is 1.85 bits per heavy atom. The van der Waals surface area contributed by atoms with E-state index in [-0.39, 0.29) is 11.8 Å². The molecule has 0 radical (unpaired) electrons. The minimum absolute atomic E-state index is 0.287. The molecule has 3 aromatic rings. The standard InChI is InChI=1S/C29H25NO4/c1-3-16-10-9-11-17(4-2)25(16)30-26(31)23-22-18-12-5-7-14-20(18)29(28(33)34,24(23)27(30)32)21-15-8-6-13-19(21)22/h5-15,22-24H,3-4H2,1-2H3,(H,33,34). The summed E-state index contributed by atoms with van der Waals surface area (Å²) in [6.07, 6.45) is 1.34. The first-order chi connectivity index (χ1) is 16.5. The van der Waals surface area contributed by atoms with E-state index in [1.165, 1.54) is 4.90 Å². The molecule has 34 heavy (non-hydrogen) atoms. The summed E-state index contributed by atoms with van der Waals surface area (Å²) in [5.41, 5.74) is 3.84. The highest BCUT2D eigenvalue weighted by Crippen LogP contribution is 2.64. The molecule has 0 saturated carbocycles. The van der Waals surface area contributed by atoms with E-state index in [1.54, 1.807) is 0 Å². The highest BCUT2D eigenvalue weighted by molar-refractivity contribution is 6.25. The third-order valence-corrected chi connectivity index (χ3v) is 8.14. The summed E-state index contributed by atoms with van der Waals surface area (Å²) >= 11 is 0. The van der Waals surface area contributed by atoms with Crippen molar-refractivity contribution in [2.24, 2.45) is 11.8 Å². The molecule has 1 fully saturated rings. The Bertz CT molecular complexity index is 1320. The minimum atomic E-state index is -1.60. The third kappa shape index (κ3) is 2.27. The van der Waals surface area contributed by atoms with Crippen LogP contribution in [0.25, 0.3) is 0 Å². The largest absolute Gasteiger partial charge is 0.480 e. The molecule has 1 N–H and O–H groups in total. The Labute approximate surface area is 198 Å². The minimum Gasteiger partial charge on any atom is -0.480 e. The molecule has 2 atom stereocenters. The molecule has 7 rings (SSSR count). The average molecular weight is 452 g/mol. The lowest BCUT2D eigenvalue weighted by atomic mass is 9.47. The molecule has 0 spiro atoms. The van der Waals surface area contributed by atoms with Crippen LogP contribution in [0.4, 0.5) is 5.69 Å². The Hall–Kier alpha value is -3.73. The monoisotopic (exact) mass is 451 g/mol. The predicted octanol–water partition coefficient (Wildman–Crippen LogP) is 4.45. The maximum Gasteiger partial charge on any atom is 0.319 e. The summed E-state index contributed by atoms with van der Waals surface area (Å²) in [5.74, 6) is -3.85. The second-order valence-corrected chi connectivity index (χ2v) is 9.41. The number of benzene rings is 3. The first-order valence-corrected chi connectivity index (χ1v) is 11.9. The molecule has 2 unspecified atom stereocenters. The van der Waals surface area contributed by atoms with Gasteiger partial charge in [-0.3, -0.25) is 14.4 Å². The maximum atomic E-state index is 14.2. The zero-order valence-corrected chi connectivity index (χ0v) is 19.1. The molecule has 1 saturated heterocycles. The summed E-state index contributed by atoms with van der Waals surface area (Å²) in [6.45, 7) is 4.01. The van der Waals surface area contributed by atoms with Crippen LogP contribution in [0.2, 0.25) is 0 Å². The molecule has 3 aromatic carbocycles. The van der Waals surface area contributed by atoms with Crippen LogP contribution in [-0.2, 0) is 32.6 Å². The van der Waals surface area contributed by atoms with Crippen LogP contribution in [0.1, 0.15) is 53.1 Å². The molecule has 5 nitrogen and oxygen atoms in total. The molecule has 2 bridgehead atoms. The second kappa shape index (κ2) is 7.13. The molecule has 3 aliphatic carbocycles. The number of hydrogen-bond donors (Lipinski definition) is 1. The van der Waals surface area contributed by atoms with Gasteiger partial charge in [0.05, 0.1) is 17.5 Å². The lowest BCUT2D eigenvalue weighted by molar-refractivity contribution is -0.149. The van der Waals surface area contributed by atoms with Crippen LogP contribution in [0.3, 0.4) is 0 Å². The van der Waals surface area contributed by atoms with E-state index in [2.05, 4.69) is 0 Å². The zero-order chi connectivity index (χ0) is 23.8. The maximum absolute atomic E-state index is 14.2. The van der Waals surface area contributed by atoms with Crippen molar-refractivity contribution in [1.29, 1.82) is 0 Å². The number of carbonyl (C=O) groups is 3. The number of imide groups is 1. The van der Waals surface area contributed by atoms with Crippen LogP contribution in [0, 0.1) is 11.8 Å². The summed E-state index contributed by atoms with van der Waals surface area (Å²) < 4.78 is 0. The van der Waals surface area contributed by atoms with Gasteiger partial charge in [0.15, 0.2) is 0 Å². The van der Waals surface area contributed by atoms with E-state index in [9.17, 15) is 19.5 Å². The summed E-state index contributed by atoms with van der Waals surface area (Å²) in [5, 5.41) is 10.8. The number of rotatable bonds is 4. The van der Waals surface area contributed by atoms with Crippen LogP contribution < -0.4 is 4.90 Å². The fourth-order valence-electron chi connectivity index (χ4n) is 6.86. The number of carboxylic acid groups (broad SMARTS) is 1. The summed E-state index contributed by atoms with van der Waals surface area (Å²) in [4.78, 5) is 43.0. The molecule has 4 aliphatic rings. The van der Waals surface area contributed by atoms with Gasteiger partial charge in [-0.2, -0.15) is 0 Å². The fourth-order valence-corrected chi connectivity index (χ4v) is 6.86. The molecule has 0 aromatic heterocycles. The van der Waals surface area contributed by atoms with Crippen molar-refractivity contribution in [3.8, 4) is 0 Å². The van der Waals surface area contributed by atoms with Gasteiger partial charge in [0.1, 0.15) is 5.41 Å². The van der Waals surface area contributed by atoms with Crippen molar-refractivity contribution < 1.29 is 19.5 Å². The van der Waals surface area contributed by atoms with Gasteiger partial charge < -0.3 is 5.11 Å². The normalized spacial score (nSPS) is 26.3. The number of hydrogen-bond acceptors (Lipinski definition) is 3. The van der Waals surface area contributed by atoms with Gasteiger partial charge >= 0.3 is 5.97 Å². The lowest BCUT2D eigenvalue weighted by Gasteiger charge is -2.51. The number of amides is 2.